The van der Waals surface area contributed by atoms with E-state index >= 15 is 0 Å². The molecule has 30 heavy (non-hydrogen) atoms. The monoisotopic (exact) mass is 443 g/mol. The summed E-state index contributed by atoms with van der Waals surface area (Å²) in [5.41, 5.74) is 0.288. The average molecular weight is 443 g/mol. The first-order valence-electron chi connectivity index (χ1n) is 8.20. The molecule has 0 unspecified atom stereocenters. The fourth-order valence-corrected chi connectivity index (χ4v) is 3.34. The number of hydrogen-bond acceptors (Lipinski definition) is 5. The van der Waals surface area contributed by atoms with Gasteiger partial charge in [0.2, 0.25) is 0 Å². The van der Waals surface area contributed by atoms with Crippen LogP contribution in [0.2, 0.25) is 0 Å². The minimum atomic E-state index is -4.70. The lowest BCUT2D eigenvalue weighted by molar-refractivity contribution is -0.144. The molecule has 0 saturated heterocycles. The predicted molar refractivity (Wildman–Crippen MR) is 96.2 cm³/mol. The smallest absolute Gasteiger partial charge is 0.345 e. The number of nitrogens with zero attached hydrogens (tertiary/aromatic N) is 2. The number of carbonyl (C=O) groups excluding carboxylic acids is 1. The molecule has 1 heterocycles. The largest absolute Gasteiger partial charge is 0.453 e. The van der Waals surface area contributed by atoms with Gasteiger partial charge in [-0.2, -0.15) is 13.2 Å². The molecule has 0 aliphatic carbocycles. The van der Waals surface area contributed by atoms with Crippen LogP contribution in [0.4, 0.5) is 23.2 Å². The number of alkyl halides is 3. The Morgan fingerprint density at radius 3 is 2.23 bits per heavy atom. The zero-order valence-electron chi connectivity index (χ0n) is 14.9. The Morgan fingerprint density at radius 1 is 1.03 bits per heavy atom. The molecule has 1 aromatic heterocycles. The van der Waals surface area contributed by atoms with E-state index in [1.54, 1.807) is 0 Å². The first-order valence-corrected chi connectivity index (χ1v) is 9.68. The molecule has 0 aliphatic heterocycles. The summed E-state index contributed by atoms with van der Waals surface area (Å²) in [6, 6.07) is 9.51. The second-order valence-electron chi connectivity index (χ2n) is 5.92. The van der Waals surface area contributed by atoms with Crippen molar-refractivity contribution in [2.45, 2.75) is 17.6 Å². The topological polar surface area (TPSA) is 117 Å². The number of anilines is 1. The van der Waals surface area contributed by atoms with E-state index in [4.69, 9.17) is 0 Å². The number of nitrogens with one attached hydrogen (secondary N) is 3. The van der Waals surface area contributed by atoms with Gasteiger partial charge in [-0.25, -0.2) is 17.8 Å². The third-order valence-electron chi connectivity index (χ3n) is 3.72. The summed E-state index contributed by atoms with van der Waals surface area (Å²) in [6.45, 7) is -0.319. The fraction of sp³-hybridized carbons (Fsp3) is 0.118. The number of aromatic amines is 1. The fourth-order valence-electron chi connectivity index (χ4n) is 2.28. The van der Waals surface area contributed by atoms with Crippen molar-refractivity contribution < 1.29 is 30.8 Å². The summed E-state index contributed by atoms with van der Waals surface area (Å²) in [6.07, 6.45) is -4.70. The second kappa shape index (κ2) is 8.10. The Balaban J connectivity index is 1.61. The van der Waals surface area contributed by atoms with Gasteiger partial charge in [-0.1, -0.05) is 0 Å². The van der Waals surface area contributed by atoms with E-state index < -0.39 is 33.7 Å². The number of benzene rings is 2. The van der Waals surface area contributed by atoms with Gasteiger partial charge in [0.1, 0.15) is 11.6 Å². The lowest BCUT2D eigenvalue weighted by Crippen LogP contribution is -2.23. The van der Waals surface area contributed by atoms with Crippen molar-refractivity contribution in [3.05, 3.63) is 71.6 Å². The first-order chi connectivity index (χ1) is 14.0. The Labute approximate surface area is 167 Å². The number of halogens is 4. The van der Waals surface area contributed by atoms with Crippen molar-refractivity contribution in [3.8, 4) is 0 Å². The highest BCUT2D eigenvalue weighted by Gasteiger charge is 2.36. The Kier molecular flexibility index (Phi) is 5.73. The van der Waals surface area contributed by atoms with Gasteiger partial charge in [-0.05, 0) is 48.5 Å². The van der Waals surface area contributed by atoms with Crippen LogP contribution in [0.1, 0.15) is 22.0 Å². The Morgan fingerprint density at radius 2 is 1.67 bits per heavy atom. The molecule has 3 rings (SSSR count). The van der Waals surface area contributed by atoms with E-state index in [0.29, 0.717) is 0 Å². The van der Waals surface area contributed by atoms with Crippen LogP contribution in [0.25, 0.3) is 0 Å². The SMILES string of the molecule is O=C(NCc1nc(C(F)(F)F)n[nH]1)c1ccc(NS(=O)(=O)c2ccc(F)cc2)cc1. The van der Waals surface area contributed by atoms with E-state index in [2.05, 4.69) is 25.2 Å². The molecule has 0 aliphatic rings. The van der Waals surface area contributed by atoms with E-state index in [1.807, 2.05) is 0 Å². The zero-order valence-corrected chi connectivity index (χ0v) is 15.7. The van der Waals surface area contributed by atoms with Gasteiger partial charge in [0, 0.05) is 11.3 Å². The number of sulfonamides is 1. The zero-order chi connectivity index (χ0) is 21.9. The van der Waals surface area contributed by atoms with Gasteiger partial charge in [-0.3, -0.25) is 14.6 Å². The molecule has 3 N–H and O–H groups in total. The summed E-state index contributed by atoms with van der Waals surface area (Å²) in [4.78, 5) is 15.2. The lowest BCUT2D eigenvalue weighted by atomic mass is 10.2. The molecule has 0 fully saturated rings. The first kappa shape index (κ1) is 21.2. The molecule has 8 nitrogen and oxygen atoms in total. The molecule has 0 radical (unpaired) electrons. The molecule has 0 bridgehead atoms. The molecule has 158 valence electrons. The van der Waals surface area contributed by atoms with Crippen LogP contribution in [0, 0.1) is 5.82 Å². The molecule has 0 atom stereocenters. The van der Waals surface area contributed by atoms with Crippen LogP contribution >= 0.6 is 0 Å². The Hall–Kier alpha value is -3.48. The highest BCUT2D eigenvalue weighted by atomic mass is 32.2. The number of aromatic nitrogens is 3. The number of carbonyl (C=O) groups is 1. The quantitative estimate of drug-likeness (QED) is 0.507. The normalized spacial score (nSPS) is 11.9. The summed E-state index contributed by atoms with van der Waals surface area (Å²) in [5.74, 6) is -2.72. The van der Waals surface area contributed by atoms with Crippen molar-refractivity contribution >= 4 is 21.6 Å². The van der Waals surface area contributed by atoms with E-state index in [0.717, 1.165) is 24.3 Å². The molecule has 13 heteroatoms. The van der Waals surface area contributed by atoms with Crippen LogP contribution in [-0.2, 0) is 22.7 Å². The van der Waals surface area contributed by atoms with Gasteiger partial charge >= 0.3 is 6.18 Å². The third-order valence-corrected chi connectivity index (χ3v) is 5.12. The van der Waals surface area contributed by atoms with Crippen LogP contribution in [-0.4, -0.2) is 29.5 Å². The molecular formula is C17H13F4N5O3S. The number of rotatable bonds is 6. The van der Waals surface area contributed by atoms with Crippen LogP contribution in [0.15, 0.2) is 53.4 Å². The second-order valence-corrected chi connectivity index (χ2v) is 7.61. The van der Waals surface area contributed by atoms with Crippen molar-refractivity contribution in [1.82, 2.24) is 20.5 Å². The van der Waals surface area contributed by atoms with Crippen molar-refractivity contribution in [2.24, 2.45) is 0 Å². The van der Waals surface area contributed by atoms with E-state index in [-0.39, 0.29) is 28.5 Å². The molecule has 2 aromatic carbocycles. The lowest BCUT2D eigenvalue weighted by Gasteiger charge is -2.09. The highest BCUT2D eigenvalue weighted by Crippen LogP contribution is 2.25. The maximum atomic E-state index is 12.9. The van der Waals surface area contributed by atoms with Crippen LogP contribution in [0.5, 0.6) is 0 Å². The third kappa shape index (κ3) is 5.11. The molecule has 0 spiro atoms. The van der Waals surface area contributed by atoms with Crippen LogP contribution < -0.4 is 10.0 Å². The molecule has 1 amide bonds. The van der Waals surface area contributed by atoms with Crippen molar-refractivity contribution in [2.75, 3.05) is 4.72 Å². The van der Waals surface area contributed by atoms with Gasteiger partial charge in [0.25, 0.3) is 21.8 Å². The Bertz CT molecular complexity index is 1140. The summed E-state index contributed by atoms with van der Waals surface area (Å²) in [7, 11) is -3.95. The van der Waals surface area contributed by atoms with Crippen LogP contribution in [0.3, 0.4) is 0 Å². The minimum Gasteiger partial charge on any atom is -0.345 e. The number of hydrogen-bond donors (Lipinski definition) is 3. The number of H-pyrrole nitrogens is 1. The summed E-state index contributed by atoms with van der Waals surface area (Å²) in [5, 5.41) is 7.46. The van der Waals surface area contributed by atoms with Gasteiger partial charge < -0.3 is 5.32 Å². The molecule has 0 saturated carbocycles. The van der Waals surface area contributed by atoms with Gasteiger partial charge in [0.15, 0.2) is 0 Å². The average Bonchev–Trinajstić information content (AvgIpc) is 3.16. The predicted octanol–water partition coefficient (Wildman–Crippen LogP) is 2.69. The minimum absolute atomic E-state index is 0.135. The highest BCUT2D eigenvalue weighted by molar-refractivity contribution is 7.92. The van der Waals surface area contributed by atoms with Gasteiger partial charge in [-0.15, -0.1) is 5.10 Å². The van der Waals surface area contributed by atoms with E-state index in [1.165, 1.54) is 24.3 Å². The van der Waals surface area contributed by atoms with Crippen molar-refractivity contribution in [3.63, 3.8) is 0 Å². The molecular weight excluding hydrogens is 430 g/mol. The maximum Gasteiger partial charge on any atom is 0.453 e. The maximum absolute atomic E-state index is 12.9. The molecule has 3 aromatic rings. The summed E-state index contributed by atoms with van der Waals surface area (Å²) >= 11 is 0. The van der Waals surface area contributed by atoms with Crippen molar-refractivity contribution in [1.29, 1.82) is 0 Å². The van der Waals surface area contributed by atoms with E-state index in [9.17, 15) is 30.8 Å². The van der Waals surface area contributed by atoms with Gasteiger partial charge in [0.05, 0.1) is 11.4 Å². The standard InChI is InChI=1S/C17H13F4N5O3S/c18-11-3-7-13(8-4-11)30(28,29)26-12-5-1-10(2-6-12)15(27)22-9-14-23-16(25-24-14)17(19,20)21/h1-8,26H,9H2,(H,22,27)(H,23,24,25). The number of amides is 1. The summed E-state index contributed by atoms with van der Waals surface area (Å²) < 4.78 is 77.1.